The van der Waals surface area contributed by atoms with E-state index < -0.39 is 24.5 Å². The predicted octanol–water partition coefficient (Wildman–Crippen LogP) is 2.61. The Morgan fingerprint density at radius 1 is 0.962 bits per heavy atom. The van der Waals surface area contributed by atoms with Crippen molar-refractivity contribution < 1.29 is 19.1 Å². The molecule has 0 spiro atoms. The Balaban J connectivity index is 1.41. The first kappa shape index (κ1) is 17.7. The molecule has 2 aromatic rings. The second kappa shape index (κ2) is 8.29. The average Bonchev–Trinajstić information content (AvgIpc) is 3.08. The molecule has 0 heterocycles. The number of benzene rings is 2. The zero-order valence-corrected chi connectivity index (χ0v) is 14.3. The highest BCUT2D eigenvalue weighted by Gasteiger charge is 2.14. The fraction of sp³-hybridized carbons (Fsp3) is 0.250. The van der Waals surface area contributed by atoms with Gasteiger partial charge in [0.15, 0.2) is 6.61 Å². The van der Waals surface area contributed by atoms with Crippen molar-refractivity contribution in [3.05, 3.63) is 65.2 Å². The molecular formula is C20H20N2O4. The number of ether oxygens (including phenoxy) is 1. The Labute approximate surface area is 151 Å². The number of para-hydroxylation sites is 1. The molecule has 3 amide bonds. The minimum absolute atomic E-state index is 0.108. The van der Waals surface area contributed by atoms with E-state index in [1.165, 1.54) is 11.1 Å². The molecule has 0 aromatic heterocycles. The summed E-state index contributed by atoms with van der Waals surface area (Å²) in [6, 6.07) is 14.0. The monoisotopic (exact) mass is 352 g/mol. The van der Waals surface area contributed by atoms with Crippen LogP contribution >= 0.6 is 0 Å². The third-order valence-electron chi connectivity index (χ3n) is 4.16. The highest BCUT2D eigenvalue weighted by molar-refractivity contribution is 6.01. The van der Waals surface area contributed by atoms with Crippen LogP contribution in [0.2, 0.25) is 0 Å². The lowest BCUT2D eigenvalue weighted by atomic mass is 10.0. The van der Waals surface area contributed by atoms with E-state index >= 15 is 0 Å². The van der Waals surface area contributed by atoms with Gasteiger partial charge < -0.3 is 10.1 Å². The van der Waals surface area contributed by atoms with Crippen LogP contribution in [0.5, 0.6) is 0 Å². The van der Waals surface area contributed by atoms with Crippen molar-refractivity contribution in [1.29, 1.82) is 0 Å². The van der Waals surface area contributed by atoms with Crippen LogP contribution in [0.15, 0.2) is 48.5 Å². The number of hydrogen-bond acceptors (Lipinski definition) is 4. The average molecular weight is 352 g/mol. The number of aryl methyl sites for hydroxylation is 2. The number of carbonyl (C=O) groups excluding carboxylic acids is 3. The number of amides is 3. The number of esters is 1. The lowest BCUT2D eigenvalue weighted by Gasteiger charge is -2.08. The van der Waals surface area contributed by atoms with Crippen molar-refractivity contribution in [2.24, 2.45) is 0 Å². The van der Waals surface area contributed by atoms with Gasteiger partial charge in [0.25, 0.3) is 5.91 Å². The van der Waals surface area contributed by atoms with Gasteiger partial charge in [0.2, 0.25) is 0 Å². The molecule has 0 bridgehead atoms. The summed E-state index contributed by atoms with van der Waals surface area (Å²) >= 11 is 0. The first-order valence-electron chi connectivity index (χ1n) is 8.52. The van der Waals surface area contributed by atoms with Crippen molar-refractivity contribution >= 4 is 23.6 Å². The lowest BCUT2D eigenvalue weighted by Crippen LogP contribution is -2.37. The largest absolute Gasteiger partial charge is 0.455 e. The molecular weight excluding hydrogens is 332 g/mol. The van der Waals surface area contributed by atoms with E-state index in [1.54, 1.807) is 24.3 Å². The van der Waals surface area contributed by atoms with Crippen LogP contribution in [0, 0.1) is 0 Å². The Hall–Kier alpha value is -3.15. The smallest absolute Gasteiger partial charge is 0.325 e. The standard InChI is InChI=1S/C20H20N2O4/c23-18(22-20(25)21-17-7-2-1-3-8-17)13-26-19(24)12-14-9-10-15-5-4-6-16(15)11-14/h1-3,7-11H,4-6,12-13H2,(H2,21,22,23,25). The molecule has 0 unspecified atom stereocenters. The molecule has 0 saturated carbocycles. The second-order valence-corrected chi connectivity index (χ2v) is 6.16. The Bertz CT molecular complexity index is 818. The summed E-state index contributed by atoms with van der Waals surface area (Å²) in [5, 5.41) is 4.63. The van der Waals surface area contributed by atoms with Crippen molar-refractivity contribution in [2.45, 2.75) is 25.7 Å². The minimum Gasteiger partial charge on any atom is -0.455 e. The van der Waals surface area contributed by atoms with Crippen LogP contribution in [-0.2, 0) is 33.6 Å². The van der Waals surface area contributed by atoms with Crippen LogP contribution < -0.4 is 10.6 Å². The first-order valence-corrected chi connectivity index (χ1v) is 8.52. The predicted molar refractivity (Wildman–Crippen MR) is 96.7 cm³/mol. The third-order valence-corrected chi connectivity index (χ3v) is 4.16. The van der Waals surface area contributed by atoms with Gasteiger partial charge in [0.1, 0.15) is 0 Å². The highest BCUT2D eigenvalue weighted by Crippen LogP contribution is 2.23. The number of fused-ring (bicyclic) bond motifs is 1. The maximum atomic E-state index is 11.9. The SMILES string of the molecule is O=C(COC(=O)Cc1ccc2c(c1)CCC2)NC(=O)Nc1ccccc1. The summed E-state index contributed by atoms with van der Waals surface area (Å²) in [4.78, 5) is 35.3. The van der Waals surface area contributed by atoms with E-state index in [0.717, 1.165) is 24.8 Å². The van der Waals surface area contributed by atoms with E-state index in [0.29, 0.717) is 5.69 Å². The lowest BCUT2D eigenvalue weighted by molar-refractivity contribution is -0.147. The molecule has 3 rings (SSSR count). The van der Waals surface area contributed by atoms with Crippen molar-refractivity contribution in [3.8, 4) is 0 Å². The molecule has 2 N–H and O–H groups in total. The normalized spacial score (nSPS) is 12.2. The summed E-state index contributed by atoms with van der Waals surface area (Å²) in [5.74, 6) is -1.18. The van der Waals surface area contributed by atoms with E-state index in [-0.39, 0.29) is 6.42 Å². The Morgan fingerprint density at radius 2 is 1.73 bits per heavy atom. The Kier molecular flexibility index (Phi) is 5.63. The van der Waals surface area contributed by atoms with Gasteiger partial charge in [-0.15, -0.1) is 0 Å². The van der Waals surface area contributed by atoms with Crippen LogP contribution in [0.1, 0.15) is 23.1 Å². The number of anilines is 1. The molecule has 0 fully saturated rings. The van der Waals surface area contributed by atoms with Crippen molar-refractivity contribution in [2.75, 3.05) is 11.9 Å². The van der Waals surface area contributed by atoms with E-state index in [4.69, 9.17) is 4.74 Å². The van der Waals surface area contributed by atoms with Crippen LogP contribution in [0.4, 0.5) is 10.5 Å². The number of urea groups is 1. The number of hydrogen-bond donors (Lipinski definition) is 2. The van der Waals surface area contributed by atoms with Gasteiger partial charge in [-0.05, 0) is 48.1 Å². The molecule has 0 saturated heterocycles. The minimum atomic E-state index is -0.680. The van der Waals surface area contributed by atoms with Gasteiger partial charge in [0.05, 0.1) is 6.42 Å². The molecule has 0 aliphatic heterocycles. The zero-order valence-electron chi connectivity index (χ0n) is 14.3. The fourth-order valence-electron chi connectivity index (χ4n) is 2.95. The van der Waals surface area contributed by atoms with Gasteiger partial charge in [-0.1, -0.05) is 36.4 Å². The highest BCUT2D eigenvalue weighted by atomic mass is 16.5. The van der Waals surface area contributed by atoms with Crippen LogP contribution in [0.25, 0.3) is 0 Å². The van der Waals surface area contributed by atoms with Crippen LogP contribution in [-0.4, -0.2) is 24.5 Å². The summed E-state index contributed by atoms with van der Waals surface area (Å²) < 4.78 is 4.95. The quantitative estimate of drug-likeness (QED) is 0.810. The molecule has 0 radical (unpaired) electrons. The van der Waals surface area contributed by atoms with Gasteiger partial charge in [-0.2, -0.15) is 0 Å². The molecule has 1 aliphatic rings. The zero-order chi connectivity index (χ0) is 18.4. The molecule has 0 atom stereocenters. The maximum absolute atomic E-state index is 11.9. The summed E-state index contributed by atoms with van der Waals surface area (Å²) in [6.07, 6.45) is 3.38. The van der Waals surface area contributed by atoms with Gasteiger partial charge in [0, 0.05) is 5.69 Å². The van der Waals surface area contributed by atoms with Gasteiger partial charge in [-0.25, -0.2) is 4.79 Å². The second-order valence-electron chi connectivity index (χ2n) is 6.16. The van der Waals surface area contributed by atoms with E-state index in [2.05, 4.69) is 10.6 Å². The van der Waals surface area contributed by atoms with Crippen LogP contribution in [0.3, 0.4) is 0 Å². The summed E-state index contributed by atoms with van der Waals surface area (Å²) in [7, 11) is 0. The Morgan fingerprint density at radius 3 is 2.54 bits per heavy atom. The molecule has 2 aromatic carbocycles. The van der Waals surface area contributed by atoms with E-state index in [1.807, 2.05) is 24.3 Å². The first-order chi connectivity index (χ1) is 12.6. The molecule has 6 nitrogen and oxygen atoms in total. The molecule has 1 aliphatic carbocycles. The number of rotatable bonds is 5. The topological polar surface area (TPSA) is 84.5 Å². The molecule has 6 heteroatoms. The van der Waals surface area contributed by atoms with Crippen molar-refractivity contribution in [3.63, 3.8) is 0 Å². The van der Waals surface area contributed by atoms with Gasteiger partial charge >= 0.3 is 12.0 Å². The van der Waals surface area contributed by atoms with E-state index in [9.17, 15) is 14.4 Å². The summed E-state index contributed by atoms with van der Waals surface area (Å²) in [6.45, 7) is -0.494. The number of carbonyl (C=O) groups is 3. The van der Waals surface area contributed by atoms with Gasteiger partial charge in [-0.3, -0.25) is 14.9 Å². The summed E-state index contributed by atoms with van der Waals surface area (Å²) in [5.41, 5.74) is 4.06. The maximum Gasteiger partial charge on any atom is 0.325 e. The number of imide groups is 1. The number of nitrogens with one attached hydrogen (secondary N) is 2. The molecule has 26 heavy (non-hydrogen) atoms. The third kappa shape index (κ3) is 4.92. The fourth-order valence-corrected chi connectivity index (χ4v) is 2.95. The molecule has 134 valence electrons. The van der Waals surface area contributed by atoms with Crippen molar-refractivity contribution in [1.82, 2.24) is 5.32 Å².